The summed E-state index contributed by atoms with van der Waals surface area (Å²) in [6, 6.07) is 1.65. The van der Waals surface area contributed by atoms with Crippen molar-refractivity contribution in [2.75, 3.05) is 0 Å². The Hall–Kier alpha value is -1.77. The van der Waals surface area contributed by atoms with Gasteiger partial charge in [-0.1, -0.05) is 25.5 Å². The van der Waals surface area contributed by atoms with Crippen LogP contribution in [0.5, 0.6) is 0 Å². The van der Waals surface area contributed by atoms with Gasteiger partial charge in [-0.15, -0.1) is 0 Å². The van der Waals surface area contributed by atoms with Gasteiger partial charge in [0.2, 0.25) is 0 Å². The molecule has 1 heterocycles. The van der Waals surface area contributed by atoms with Crippen LogP contribution < -0.4 is 0 Å². The lowest BCUT2D eigenvalue weighted by atomic mass is 9.46. The molecule has 1 aromatic heterocycles. The molecule has 5 rings (SSSR count). The first-order valence-corrected chi connectivity index (χ1v) is 10.5. The molecule has 2 nitrogen and oxygen atoms in total. The van der Waals surface area contributed by atoms with Crippen LogP contribution in [-0.2, 0) is 4.79 Å². The van der Waals surface area contributed by atoms with Crippen molar-refractivity contribution in [1.29, 1.82) is 0 Å². The van der Waals surface area contributed by atoms with E-state index in [0.29, 0.717) is 30.0 Å². The van der Waals surface area contributed by atoms with Crippen LogP contribution in [0.3, 0.4) is 0 Å². The lowest BCUT2D eigenvalue weighted by Crippen LogP contribution is -2.49. The first-order chi connectivity index (χ1) is 12.9. The molecule has 0 radical (unpaired) electrons. The van der Waals surface area contributed by atoms with Crippen LogP contribution in [0.15, 0.2) is 36.2 Å². The van der Waals surface area contributed by atoms with Gasteiger partial charge in [0.25, 0.3) is 0 Å². The molecule has 0 N–H and O–H groups in total. The topological polar surface area (TPSA) is 30.0 Å². The van der Waals surface area contributed by atoms with Gasteiger partial charge < -0.3 is 0 Å². The molecule has 3 heteroatoms. The fourth-order valence-electron chi connectivity index (χ4n) is 7.13. The van der Waals surface area contributed by atoms with Crippen LogP contribution in [0.2, 0.25) is 0 Å². The molecule has 0 bridgehead atoms. The normalized spacial score (nSPS) is 40.6. The molecule has 5 atom stereocenters. The summed E-state index contributed by atoms with van der Waals surface area (Å²) in [5, 5.41) is 0. The van der Waals surface area contributed by atoms with Crippen molar-refractivity contribution < 1.29 is 9.18 Å². The van der Waals surface area contributed by atoms with Crippen molar-refractivity contribution in [3.05, 3.63) is 47.6 Å². The Morgan fingerprint density at radius 2 is 1.93 bits per heavy atom. The second-order valence-corrected chi connectivity index (χ2v) is 9.67. The second-order valence-electron chi connectivity index (χ2n) is 9.67. The van der Waals surface area contributed by atoms with Crippen molar-refractivity contribution in [3.63, 3.8) is 0 Å². The van der Waals surface area contributed by atoms with Gasteiger partial charge in [-0.3, -0.25) is 9.78 Å². The minimum atomic E-state index is -0.249. The van der Waals surface area contributed by atoms with Gasteiger partial charge in [-0.2, -0.15) is 0 Å². The smallest absolute Gasteiger partial charge is 0.155 e. The van der Waals surface area contributed by atoms with E-state index in [-0.39, 0.29) is 16.6 Å². The summed E-state index contributed by atoms with van der Waals surface area (Å²) in [7, 11) is 0. The van der Waals surface area contributed by atoms with E-state index in [1.54, 1.807) is 6.07 Å². The zero-order chi connectivity index (χ0) is 18.8. The number of aromatic nitrogens is 1. The summed E-state index contributed by atoms with van der Waals surface area (Å²) in [4.78, 5) is 16.1. The molecule has 27 heavy (non-hydrogen) atoms. The zero-order valence-corrected chi connectivity index (χ0v) is 16.3. The van der Waals surface area contributed by atoms with Crippen LogP contribution in [-0.4, -0.2) is 10.8 Å². The first kappa shape index (κ1) is 17.3. The van der Waals surface area contributed by atoms with Gasteiger partial charge >= 0.3 is 0 Å². The molecule has 0 saturated heterocycles. The molecule has 0 spiro atoms. The van der Waals surface area contributed by atoms with E-state index in [2.05, 4.69) is 24.9 Å². The number of hydrogen-bond donors (Lipinski definition) is 0. The van der Waals surface area contributed by atoms with Gasteiger partial charge in [0.15, 0.2) is 5.78 Å². The zero-order valence-electron chi connectivity index (χ0n) is 16.3. The molecule has 4 aliphatic rings. The van der Waals surface area contributed by atoms with Gasteiger partial charge in [0, 0.05) is 12.6 Å². The lowest BCUT2D eigenvalue weighted by Gasteiger charge is -2.57. The van der Waals surface area contributed by atoms with Crippen LogP contribution >= 0.6 is 0 Å². The average molecular weight is 365 g/mol. The summed E-state index contributed by atoms with van der Waals surface area (Å²) in [5.41, 5.74) is 4.02. The number of ketones is 1. The maximum absolute atomic E-state index is 13.8. The minimum absolute atomic E-state index is 0.124. The predicted octanol–water partition coefficient (Wildman–Crippen LogP) is 5.75. The number of hydrogen-bond acceptors (Lipinski definition) is 2. The third-order valence-corrected chi connectivity index (χ3v) is 8.56. The Bertz CT molecular complexity index is 871. The van der Waals surface area contributed by atoms with E-state index in [1.165, 1.54) is 30.2 Å². The highest BCUT2D eigenvalue weighted by Crippen LogP contribution is 2.66. The number of halogens is 1. The van der Waals surface area contributed by atoms with E-state index >= 15 is 0 Å². The minimum Gasteiger partial charge on any atom is -0.295 e. The molecule has 0 amide bonds. The Balaban J connectivity index is 1.48. The molecular formula is C24H28FNO. The monoisotopic (exact) mass is 365 g/mol. The summed E-state index contributed by atoms with van der Waals surface area (Å²) in [5.74, 6) is 2.09. The summed E-state index contributed by atoms with van der Waals surface area (Å²) in [6.07, 6.45) is 14.9. The first-order valence-electron chi connectivity index (χ1n) is 10.5. The van der Waals surface area contributed by atoms with E-state index in [9.17, 15) is 9.18 Å². The quantitative estimate of drug-likeness (QED) is 0.634. The maximum atomic E-state index is 13.8. The van der Waals surface area contributed by atoms with Crippen LogP contribution in [0.25, 0.3) is 5.57 Å². The summed E-state index contributed by atoms with van der Waals surface area (Å²) < 4.78 is 13.8. The number of carbonyl (C=O) groups excluding carboxylic acids is 1. The molecule has 2 saturated carbocycles. The molecular weight excluding hydrogens is 337 g/mol. The van der Waals surface area contributed by atoms with Crippen molar-refractivity contribution in [3.8, 4) is 0 Å². The Morgan fingerprint density at radius 3 is 2.74 bits per heavy atom. The molecule has 2 fully saturated rings. The number of nitrogens with zero attached hydrogens (tertiary/aromatic N) is 1. The third-order valence-electron chi connectivity index (χ3n) is 8.56. The van der Waals surface area contributed by atoms with E-state index in [1.807, 2.05) is 12.3 Å². The molecule has 0 aromatic carbocycles. The van der Waals surface area contributed by atoms with Crippen molar-refractivity contribution in [2.45, 2.75) is 58.8 Å². The number of fused-ring (bicyclic) bond motifs is 5. The van der Waals surface area contributed by atoms with Crippen LogP contribution in [0, 0.1) is 34.4 Å². The van der Waals surface area contributed by atoms with Gasteiger partial charge in [-0.25, -0.2) is 4.39 Å². The van der Waals surface area contributed by atoms with Crippen LogP contribution in [0.4, 0.5) is 4.39 Å². The molecule has 142 valence electrons. The fraction of sp³-hybridized carbons (Fsp3) is 0.583. The molecule has 4 aliphatic carbocycles. The predicted molar refractivity (Wildman–Crippen MR) is 104 cm³/mol. The molecule has 1 aromatic rings. The summed E-state index contributed by atoms with van der Waals surface area (Å²) in [6.45, 7) is 4.82. The molecule has 5 unspecified atom stereocenters. The maximum Gasteiger partial charge on any atom is 0.155 e. The number of rotatable bonds is 1. The third kappa shape index (κ3) is 2.43. The highest BCUT2D eigenvalue weighted by atomic mass is 19.1. The van der Waals surface area contributed by atoms with Crippen molar-refractivity contribution >= 4 is 11.4 Å². The SMILES string of the molecule is CC12CCC(=O)C=C1CCC1C2CCC2(C)C(c3cncc(F)c3)=CCC12. The van der Waals surface area contributed by atoms with Gasteiger partial charge in [-0.05, 0) is 90.4 Å². The van der Waals surface area contributed by atoms with Crippen molar-refractivity contribution in [1.82, 2.24) is 4.98 Å². The highest BCUT2D eigenvalue weighted by Gasteiger charge is 2.57. The Morgan fingerprint density at radius 1 is 1.07 bits per heavy atom. The van der Waals surface area contributed by atoms with E-state index < -0.39 is 0 Å². The number of pyridine rings is 1. The average Bonchev–Trinajstić information content (AvgIpc) is 2.99. The summed E-state index contributed by atoms with van der Waals surface area (Å²) >= 11 is 0. The number of carbonyl (C=O) groups is 1. The Kier molecular flexibility index (Phi) is 3.76. The molecule has 0 aliphatic heterocycles. The second kappa shape index (κ2) is 5.86. The Labute approximate surface area is 161 Å². The standard InChI is InChI=1S/C24H28FNO/c1-23-9-7-18(27)12-16(23)3-4-19-21-6-5-20(15-11-17(25)14-26-13-15)24(21,2)10-8-22(19)23/h5,11-14,19,21-22H,3-4,6-10H2,1-2H3. The van der Waals surface area contributed by atoms with Crippen LogP contribution in [0.1, 0.15) is 64.4 Å². The van der Waals surface area contributed by atoms with E-state index in [4.69, 9.17) is 0 Å². The van der Waals surface area contributed by atoms with Gasteiger partial charge in [0.1, 0.15) is 5.82 Å². The largest absolute Gasteiger partial charge is 0.295 e. The van der Waals surface area contributed by atoms with Crippen molar-refractivity contribution in [2.24, 2.45) is 28.6 Å². The van der Waals surface area contributed by atoms with Gasteiger partial charge in [0.05, 0.1) is 6.20 Å². The number of allylic oxidation sites excluding steroid dienone is 4. The fourth-order valence-corrected chi connectivity index (χ4v) is 7.13. The van der Waals surface area contributed by atoms with E-state index in [0.717, 1.165) is 31.2 Å². The lowest BCUT2D eigenvalue weighted by molar-refractivity contribution is -0.117. The highest BCUT2D eigenvalue weighted by molar-refractivity contribution is 5.91.